The van der Waals surface area contributed by atoms with E-state index in [1.54, 1.807) is 23.1 Å². The summed E-state index contributed by atoms with van der Waals surface area (Å²) < 4.78 is 0. The van der Waals surface area contributed by atoms with Crippen LogP contribution in [0.1, 0.15) is 31.7 Å². The molecule has 1 fully saturated rings. The monoisotopic (exact) mass is 325 g/mol. The van der Waals surface area contributed by atoms with E-state index in [0.717, 1.165) is 6.42 Å². The third-order valence-corrected chi connectivity index (χ3v) is 4.33. The first-order valence-corrected chi connectivity index (χ1v) is 7.67. The van der Waals surface area contributed by atoms with Gasteiger partial charge in [0.2, 0.25) is 0 Å². The van der Waals surface area contributed by atoms with E-state index in [9.17, 15) is 9.90 Å². The Morgan fingerprint density at radius 1 is 1.43 bits per heavy atom. The average Bonchev–Trinajstić information content (AvgIpc) is 2.47. The quantitative estimate of drug-likeness (QED) is 0.805. The molecule has 0 spiro atoms. The largest absolute Gasteiger partial charge is 0.383 e. The highest BCUT2D eigenvalue weighted by atomic mass is 35.5. The molecule has 1 heterocycles. The molecule has 1 N–H and O–H groups in total. The number of β-amino-alcohol motifs (C(OH)–C–C–N with tert-alkyl or cyclic N) is 1. The van der Waals surface area contributed by atoms with Gasteiger partial charge in [0, 0.05) is 13.0 Å². The fourth-order valence-electron chi connectivity index (χ4n) is 2.47. The van der Waals surface area contributed by atoms with E-state index < -0.39 is 5.60 Å². The minimum atomic E-state index is -1.10. The van der Waals surface area contributed by atoms with Crippen LogP contribution in [0, 0.1) is 11.8 Å². The van der Waals surface area contributed by atoms with Gasteiger partial charge < -0.3 is 10.0 Å². The summed E-state index contributed by atoms with van der Waals surface area (Å²) in [5.74, 6) is 5.12. The number of nitrogens with zero attached hydrogens (tertiary/aromatic N) is 1. The zero-order chi connectivity index (χ0) is 15.5. The van der Waals surface area contributed by atoms with Gasteiger partial charge in [0.15, 0.2) is 0 Å². The molecule has 0 radical (unpaired) electrons. The minimum Gasteiger partial charge on any atom is -0.383 e. The van der Waals surface area contributed by atoms with Crippen molar-refractivity contribution in [1.82, 2.24) is 4.90 Å². The van der Waals surface area contributed by atoms with Gasteiger partial charge in [-0.2, -0.15) is 0 Å². The standard InChI is InChI=1S/C16H17Cl2NO2/c1-2-3-5-15(20)19-9-4-8-16(21,11-19)12-6-7-13(17)14(18)10-12/h6-7,10,21H,2,4,8-9,11H2,1H3. The summed E-state index contributed by atoms with van der Waals surface area (Å²) in [7, 11) is 0. The summed E-state index contributed by atoms with van der Waals surface area (Å²) in [6.45, 7) is 2.73. The molecule has 1 aromatic rings. The second kappa shape index (κ2) is 6.70. The average molecular weight is 326 g/mol. The highest BCUT2D eigenvalue weighted by Crippen LogP contribution is 2.34. The molecule has 5 heteroatoms. The Hall–Kier alpha value is -1.21. The predicted molar refractivity (Wildman–Crippen MR) is 84.2 cm³/mol. The van der Waals surface area contributed by atoms with Gasteiger partial charge >= 0.3 is 0 Å². The van der Waals surface area contributed by atoms with Gasteiger partial charge in [-0.05, 0) is 36.5 Å². The third kappa shape index (κ3) is 3.71. The van der Waals surface area contributed by atoms with Crippen LogP contribution in [0.2, 0.25) is 10.0 Å². The molecule has 1 unspecified atom stereocenters. The van der Waals surface area contributed by atoms with Crippen molar-refractivity contribution in [3.8, 4) is 11.8 Å². The highest BCUT2D eigenvalue weighted by Gasteiger charge is 2.36. The Kier molecular flexibility index (Phi) is 5.16. The fourth-order valence-corrected chi connectivity index (χ4v) is 2.77. The maximum absolute atomic E-state index is 12.0. The van der Waals surface area contributed by atoms with Crippen LogP contribution in [0.25, 0.3) is 0 Å². The van der Waals surface area contributed by atoms with Gasteiger partial charge in [-0.3, -0.25) is 4.79 Å². The van der Waals surface area contributed by atoms with E-state index in [1.165, 1.54) is 0 Å². The molecule has 1 saturated heterocycles. The number of benzene rings is 1. The maximum atomic E-state index is 12.0. The van der Waals surface area contributed by atoms with Crippen molar-refractivity contribution < 1.29 is 9.90 Å². The molecule has 0 aromatic heterocycles. The third-order valence-electron chi connectivity index (χ3n) is 3.59. The van der Waals surface area contributed by atoms with E-state index in [2.05, 4.69) is 11.8 Å². The van der Waals surface area contributed by atoms with Crippen LogP contribution >= 0.6 is 23.2 Å². The van der Waals surface area contributed by atoms with Gasteiger partial charge in [-0.1, -0.05) is 42.1 Å². The van der Waals surface area contributed by atoms with Gasteiger partial charge in [-0.25, -0.2) is 0 Å². The fraction of sp³-hybridized carbons (Fsp3) is 0.438. The van der Waals surface area contributed by atoms with Crippen LogP contribution in [0.3, 0.4) is 0 Å². The summed E-state index contributed by atoms with van der Waals surface area (Å²) in [4.78, 5) is 13.6. The first-order valence-electron chi connectivity index (χ1n) is 6.92. The Balaban J connectivity index is 2.22. The Labute approximate surface area is 134 Å². The first kappa shape index (κ1) is 16.2. The lowest BCUT2D eigenvalue weighted by Gasteiger charge is -2.38. The molecular formula is C16H17Cl2NO2. The molecule has 1 aliphatic rings. The molecule has 21 heavy (non-hydrogen) atoms. The Bertz CT molecular complexity index is 606. The molecule has 0 aliphatic carbocycles. The lowest BCUT2D eigenvalue weighted by molar-refractivity contribution is -0.132. The molecule has 112 valence electrons. The lowest BCUT2D eigenvalue weighted by atomic mass is 9.85. The summed E-state index contributed by atoms with van der Waals surface area (Å²) in [5.41, 5.74) is -0.423. The first-order chi connectivity index (χ1) is 9.96. The SMILES string of the molecule is CCC#CC(=O)N1CCCC(O)(c2ccc(Cl)c(Cl)c2)C1. The topological polar surface area (TPSA) is 40.5 Å². The van der Waals surface area contributed by atoms with E-state index in [4.69, 9.17) is 23.2 Å². The van der Waals surface area contributed by atoms with Crippen LogP contribution in [-0.2, 0) is 10.4 Å². The summed E-state index contributed by atoms with van der Waals surface area (Å²) in [6.07, 6.45) is 1.93. The summed E-state index contributed by atoms with van der Waals surface area (Å²) in [5, 5.41) is 11.7. The number of piperidine rings is 1. The van der Waals surface area contributed by atoms with Gasteiger partial charge in [0.05, 0.1) is 16.6 Å². The number of aliphatic hydroxyl groups is 1. The lowest BCUT2D eigenvalue weighted by Crippen LogP contribution is -2.48. The minimum absolute atomic E-state index is 0.224. The number of likely N-dealkylation sites (tertiary alicyclic amines) is 1. The molecule has 1 amide bonds. The number of hydrogen-bond acceptors (Lipinski definition) is 2. The van der Waals surface area contributed by atoms with Crippen LogP contribution in [-0.4, -0.2) is 29.0 Å². The molecule has 2 rings (SSSR count). The normalized spacial score (nSPS) is 21.6. The van der Waals surface area contributed by atoms with Crippen molar-refractivity contribution >= 4 is 29.1 Å². The molecule has 1 aliphatic heterocycles. The molecule has 3 nitrogen and oxygen atoms in total. The van der Waals surface area contributed by atoms with Gasteiger partial charge in [0.25, 0.3) is 5.91 Å². The van der Waals surface area contributed by atoms with Crippen molar-refractivity contribution in [2.75, 3.05) is 13.1 Å². The number of carbonyl (C=O) groups excluding carboxylic acids is 1. The van der Waals surface area contributed by atoms with Crippen molar-refractivity contribution in [3.05, 3.63) is 33.8 Å². The second-order valence-electron chi connectivity index (χ2n) is 5.15. The second-order valence-corrected chi connectivity index (χ2v) is 5.96. The van der Waals surface area contributed by atoms with Crippen LogP contribution < -0.4 is 0 Å². The van der Waals surface area contributed by atoms with E-state index in [1.807, 2.05) is 6.92 Å². The van der Waals surface area contributed by atoms with Crippen LogP contribution in [0.15, 0.2) is 18.2 Å². The number of hydrogen-bond donors (Lipinski definition) is 1. The Morgan fingerprint density at radius 2 is 2.19 bits per heavy atom. The van der Waals surface area contributed by atoms with E-state index in [-0.39, 0.29) is 12.5 Å². The molecule has 0 bridgehead atoms. The maximum Gasteiger partial charge on any atom is 0.298 e. The number of amides is 1. The van der Waals surface area contributed by atoms with E-state index in [0.29, 0.717) is 35.0 Å². The van der Waals surface area contributed by atoms with Crippen molar-refractivity contribution in [1.29, 1.82) is 0 Å². The summed E-state index contributed by atoms with van der Waals surface area (Å²) >= 11 is 11.9. The van der Waals surface area contributed by atoms with Gasteiger partial charge in [0.1, 0.15) is 5.60 Å². The molecule has 1 aromatic carbocycles. The number of carbonyl (C=O) groups is 1. The zero-order valence-electron chi connectivity index (χ0n) is 11.8. The Morgan fingerprint density at radius 3 is 2.86 bits per heavy atom. The van der Waals surface area contributed by atoms with Gasteiger partial charge in [-0.15, -0.1) is 0 Å². The van der Waals surface area contributed by atoms with Crippen molar-refractivity contribution in [2.24, 2.45) is 0 Å². The van der Waals surface area contributed by atoms with Crippen molar-refractivity contribution in [3.63, 3.8) is 0 Å². The van der Waals surface area contributed by atoms with Crippen LogP contribution in [0.4, 0.5) is 0 Å². The zero-order valence-corrected chi connectivity index (χ0v) is 13.3. The van der Waals surface area contributed by atoms with Crippen LogP contribution in [0.5, 0.6) is 0 Å². The molecule has 0 saturated carbocycles. The summed E-state index contributed by atoms with van der Waals surface area (Å²) in [6, 6.07) is 5.07. The molecular weight excluding hydrogens is 309 g/mol. The number of halogens is 2. The predicted octanol–water partition coefficient (Wildman–Crippen LogP) is 3.22. The smallest absolute Gasteiger partial charge is 0.298 e. The van der Waals surface area contributed by atoms with E-state index >= 15 is 0 Å². The number of rotatable bonds is 1. The van der Waals surface area contributed by atoms with Crippen molar-refractivity contribution in [2.45, 2.75) is 31.8 Å². The molecule has 1 atom stereocenters. The highest BCUT2D eigenvalue weighted by molar-refractivity contribution is 6.42.